The number of imidazole rings is 1. The first-order valence-electron chi connectivity index (χ1n) is 9.31. The van der Waals surface area contributed by atoms with Gasteiger partial charge in [0.2, 0.25) is 5.91 Å². The van der Waals surface area contributed by atoms with Gasteiger partial charge in [0, 0.05) is 18.7 Å². The van der Waals surface area contributed by atoms with Crippen molar-refractivity contribution in [1.82, 2.24) is 9.55 Å². The van der Waals surface area contributed by atoms with Crippen LogP contribution in [0.4, 0.5) is 5.69 Å². The number of hydrogen-bond donors (Lipinski definition) is 2. The lowest BCUT2D eigenvalue weighted by molar-refractivity contribution is -0.146. The van der Waals surface area contributed by atoms with E-state index in [4.69, 9.17) is 4.98 Å². The van der Waals surface area contributed by atoms with Crippen LogP contribution in [0.25, 0.3) is 11.0 Å². The van der Waals surface area contributed by atoms with Gasteiger partial charge in [-0.3, -0.25) is 9.59 Å². The molecule has 0 fully saturated rings. The standard InChI is InChI=1S/C20H23N3O3/c24-19(14-6-3-4-7-15(14)20(25)26)21-13-9-10-17-16(12-13)22-18-8-2-1-5-11-23(17)18/h3-4,9-10,12,14-15H,1-2,5-8,11H2,(H,21,24)(H,25,26)/t14-,15-/m1/s1. The summed E-state index contributed by atoms with van der Waals surface area (Å²) in [4.78, 5) is 28.8. The summed E-state index contributed by atoms with van der Waals surface area (Å²) in [5, 5.41) is 12.3. The lowest BCUT2D eigenvalue weighted by Gasteiger charge is -2.24. The molecule has 1 aliphatic carbocycles. The van der Waals surface area contributed by atoms with Crippen LogP contribution in [-0.2, 0) is 22.6 Å². The number of aromatic nitrogens is 2. The number of aryl methyl sites for hydroxylation is 2. The number of anilines is 1. The fraction of sp³-hybridized carbons (Fsp3) is 0.450. The Morgan fingerprint density at radius 3 is 2.73 bits per heavy atom. The number of benzene rings is 1. The van der Waals surface area contributed by atoms with Gasteiger partial charge in [0.15, 0.2) is 0 Å². The van der Waals surface area contributed by atoms with Crippen molar-refractivity contribution < 1.29 is 14.7 Å². The number of allylic oxidation sites excluding steroid dienone is 2. The van der Waals surface area contributed by atoms with Gasteiger partial charge >= 0.3 is 5.97 Å². The molecule has 2 atom stereocenters. The van der Waals surface area contributed by atoms with Crippen molar-refractivity contribution >= 4 is 28.6 Å². The number of aliphatic carboxylic acids is 1. The average Bonchev–Trinajstić information content (AvgIpc) is 2.82. The van der Waals surface area contributed by atoms with Crippen molar-refractivity contribution in [2.75, 3.05) is 5.32 Å². The Balaban J connectivity index is 1.56. The molecule has 136 valence electrons. The minimum atomic E-state index is -0.914. The second kappa shape index (κ2) is 6.94. The largest absolute Gasteiger partial charge is 0.481 e. The van der Waals surface area contributed by atoms with E-state index in [1.165, 1.54) is 19.3 Å². The van der Waals surface area contributed by atoms with Crippen LogP contribution in [0.1, 0.15) is 37.9 Å². The number of rotatable bonds is 3. The Hall–Kier alpha value is -2.63. The van der Waals surface area contributed by atoms with E-state index in [0.29, 0.717) is 18.5 Å². The Labute approximate surface area is 151 Å². The quantitative estimate of drug-likeness (QED) is 0.829. The molecule has 0 unspecified atom stereocenters. The summed E-state index contributed by atoms with van der Waals surface area (Å²) in [6.45, 7) is 0.992. The van der Waals surface area contributed by atoms with Crippen LogP contribution in [0.2, 0.25) is 0 Å². The third kappa shape index (κ3) is 3.11. The summed E-state index contributed by atoms with van der Waals surface area (Å²) in [6, 6.07) is 5.78. The molecule has 0 bridgehead atoms. The number of nitrogens with one attached hydrogen (secondary N) is 1. The molecule has 6 nitrogen and oxygen atoms in total. The fourth-order valence-electron chi connectivity index (χ4n) is 4.04. The van der Waals surface area contributed by atoms with Gasteiger partial charge in [0.05, 0.1) is 22.9 Å². The zero-order valence-corrected chi connectivity index (χ0v) is 14.6. The van der Waals surface area contributed by atoms with Crippen molar-refractivity contribution in [1.29, 1.82) is 0 Å². The number of hydrogen-bond acceptors (Lipinski definition) is 3. The molecule has 1 aromatic carbocycles. The Morgan fingerprint density at radius 1 is 1.12 bits per heavy atom. The number of amides is 1. The second-order valence-electron chi connectivity index (χ2n) is 7.18. The van der Waals surface area contributed by atoms with E-state index in [0.717, 1.165) is 29.8 Å². The summed E-state index contributed by atoms with van der Waals surface area (Å²) >= 11 is 0. The monoisotopic (exact) mass is 353 g/mol. The molecular weight excluding hydrogens is 330 g/mol. The Bertz CT molecular complexity index is 884. The van der Waals surface area contributed by atoms with Crippen LogP contribution in [0.3, 0.4) is 0 Å². The topological polar surface area (TPSA) is 84.2 Å². The lowest BCUT2D eigenvalue weighted by Crippen LogP contribution is -2.34. The van der Waals surface area contributed by atoms with Crippen molar-refractivity contribution in [2.24, 2.45) is 11.8 Å². The normalized spacial score (nSPS) is 22.6. The molecule has 0 saturated heterocycles. The highest BCUT2D eigenvalue weighted by Crippen LogP contribution is 2.28. The fourth-order valence-corrected chi connectivity index (χ4v) is 4.04. The van der Waals surface area contributed by atoms with Gasteiger partial charge < -0.3 is 15.0 Å². The van der Waals surface area contributed by atoms with Gasteiger partial charge in [-0.1, -0.05) is 18.6 Å². The van der Waals surface area contributed by atoms with E-state index in [1.54, 1.807) is 0 Å². The van der Waals surface area contributed by atoms with Crippen molar-refractivity contribution in [2.45, 2.75) is 45.1 Å². The number of carbonyl (C=O) groups is 2. The van der Waals surface area contributed by atoms with Crippen LogP contribution < -0.4 is 5.32 Å². The van der Waals surface area contributed by atoms with E-state index >= 15 is 0 Å². The summed E-state index contributed by atoms with van der Waals surface area (Å²) in [5.41, 5.74) is 2.66. The summed E-state index contributed by atoms with van der Waals surface area (Å²) < 4.78 is 2.28. The minimum Gasteiger partial charge on any atom is -0.481 e. The van der Waals surface area contributed by atoms with Crippen LogP contribution in [-0.4, -0.2) is 26.5 Å². The molecule has 2 aromatic rings. The van der Waals surface area contributed by atoms with Crippen LogP contribution in [0.5, 0.6) is 0 Å². The van der Waals surface area contributed by atoms with Crippen LogP contribution >= 0.6 is 0 Å². The first-order valence-corrected chi connectivity index (χ1v) is 9.31. The molecule has 1 amide bonds. The SMILES string of the molecule is O=C(O)[C@@H]1CC=CC[C@H]1C(=O)Nc1ccc2c(c1)nc1n2CCCCC1. The van der Waals surface area contributed by atoms with Gasteiger partial charge in [0.1, 0.15) is 5.82 Å². The predicted molar refractivity (Wildman–Crippen MR) is 98.9 cm³/mol. The average molecular weight is 353 g/mol. The van der Waals surface area contributed by atoms with Crippen molar-refractivity contribution in [3.63, 3.8) is 0 Å². The lowest BCUT2D eigenvalue weighted by atomic mass is 9.82. The van der Waals surface area contributed by atoms with E-state index in [2.05, 4.69) is 9.88 Å². The van der Waals surface area contributed by atoms with E-state index < -0.39 is 17.8 Å². The third-order valence-electron chi connectivity index (χ3n) is 5.46. The number of carbonyl (C=O) groups excluding carboxylic acids is 1. The molecule has 0 saturated carbocycles. The highest BCUT2D eigenvalue weighted by atomic mass is 16.4. The molecule has 2 N–H and O–H groups in total. The molecule has 4 rings (SSSR count). The Kier molecular flexibility index (Phi) is 4.49. The van der Waals surface area contributed by atoms with Crippen molar-refractivity contribution in [3.8, 4) is 0 Å². The van der Waals surface area contributed by atoms with Crippen LogP contribution in [0.15, 0.2) is 30.4 Å². The van der Waals surface area contributed by atoms with Gasteiger partial charge in [-0.2, -0.15) is 0 Å². The summed E-state index contributed by atoms with van der Waals surface area (Å²) in [7, 11) is 0. The molecule has 2 heterocycles. The smallest absolute Gasteiger partial charge is 0.307 e. The highest BCUT2D eigenvalue weighted by molar-refractivity contribution is 5.97. The molecule has 2 aliphatic rings. The van der Waals surface area contributed by atoms with E-state index in [9.17, 15) is 14.7 Å². The number of carboxylic acid groups (broad SMARTS) is 1. The molecule has 1 aromatic heterocycles. The van der Waals surface area contributed by atoms with Gasteiger partial charge in [-0.15, -0.1) is 0 Å². The molecule has 0 spiro atoms. The second-order valence-corrected chi connectivity index (χ2v) is 7.18. The van der Waals surface area contributed by atoms with Gasteiger partial charge in [0.25, 0.3) is 0 Å². The maximum atomic E-state index is 12.6. The predicted octanol–water partition coefficient (Wildman–Crippen LogP) is 3.37. The van der Waals surface area contributed by atoms with Gasteiger partial charge in [-0.05, 0) is 43.9 Å². The molecule has 1 aliphatic heterocycles. The number of fused-ring (bicyclic) bond motifs is 3. The number of nitrogens with zero attached hydrogens (tertiary/aromatic N) is 2. The highest BCUT2D eigenvalue weighted by Gasteiger charge is 2.34. The summed E-state index contributed by atoms with van der Waals surface area (Å²) in [5.74, 6) is -1.23. The first kappa shape index (κ1) is 16.8. The van der Waals surface area contributed by atoms with Crippen molar-refractivity contribution in [3.05, 3.63) is 36.2 Å². The van der Waals surface area contributed by atoms with E-state index in [1.807, 2.05) is 30.4 Å². The molecule has 26 heavy (non-hydrogen) atoms. The Morgan fingerprint density at radius 2 is 1.92 bits per heavy atom. The maximum absolute atomic E-state index is 12.6. The third-order valence-corrected chi connectivity index (χ3v) is 5.46. The molecule has 6 heteroatoms. The van der Waals surface area contributed by atoms with Crippen LogP contribution in [0, 0.1) is 11.8 Å². The zero-order chi connectivity index (χ0) is 18.1. The van der Waals surface area contributed by atoms with Gasteiger partial charge in [-0.25, -0.2) is 4.98 Å². The number of carboxylic acids is 1. The molecular formula is C20H23N3O3. The maximum Gasteiger partial charge on any atom is 0.307 e. The minimum absolute atomic E-state index is 0.234. The summed E-state index contributed by atoms with van der Waals surface area (Å²) in [6.07, 6.45) is 9.15. The zero-order valence-electron chi connectivity index (χ0n) is 14.6. The van der Waals surface area contributed by atoms with E-state index in [-0.39, 0.29) is 5.91 Å². The first-order chi connectivity index (χ1) is 12.6. The molecule has 0 radical (unpaired) electrons.